The number of carbonyl (C=O) groups excluding carboxylic acids is 1. The molecule has 0 saturated carbocycles. The molecule has 2 N–H and O–H groups in total. The number of amides is 1. The number of halogens is 2. The summed E-state index contributed by atoms with van der Waals surface area (Å²) >= 11 is 0.405. The van der Waals surface area contributed by atoms with Gasteiger partial charge in [0.1, 0.15) is 0 Å². The van der Waals surface area contributed by atoms with E-state index in [0.717, 1.165) is 0 Å². The second kappa shape index (κ2) is 8.73. The molecule has 0 aliphatic rings. The number of carboxylic acid groups (broad SMARTS) is 1. The van der Waals surface area contributed by atoms with Gasteiger partial charge < -0.3 is 10.4 Å². The maximum absolute atomic E-state index is 12.2. The lowest BCUT2D eigenvalue weighted by molar-refractivity contribution is -0.142. The molecule has 1 aromatic rings. The largest absolute Gasteiger partial charge is 0.481 e. The van der Waals surface area contributed by atoms with Gasteiger partial charge in [0.15, 0.2) is 0 Å². The Bertz CT molecular complexity index is 506. The molecular formula is C15H19F2NO3S. The number of alkyl halides is 2. The number of carboxylic acids is 1. The van der Waals surface area contributed by atoms with Gasteiger partial charge >= 0.3 is 5.97 Å². The standard InChI is InChI=1S/C15H19F2NO3S/c1-9(2)7-11(14(20)21)8-18-13(19)10-3-5-12(6-4-10)22-15(16)17/h3-6,9,11,15H,7-8H2,1-2H3,(H,18,19)(H,20,21). The lowest BCUT2D eigenvalue weighted by Crippen LogP contribution is -2.33. The Morgan fingerprint density at radius 1 is 1.23 bits per heavy atom. The molecule has 0 bridgehead atoms. The van der Waals surface area contributed by atoms with Crippen molar-refractivity contribution >= 4 is 23.6 Å². The van der Waals surface area contributed by atoms with Crippen LogP contribution in [0.2, 0.25) is 0 Å². The number of hydrogen-bond acceptors (Lipinski definition) is 3. The van der Waals surface area contributed by atoms with Gasteiger partial charge in [0.25, 0.3) is 11.7 Å². The van der Waals surface area contributed by atoms with Crippen LogP contribution >= 0.6 is 11.8 Å². The van der Waals surface area contributed by atoms with E-state index in [4.69, 9.17) is 5.11 Å². The molecule has 1 amide bonds. The molecule has 4 nitrogen and oxygen atoms in total. The van der Waals surface area contributed by atoms with Gasteiger partial charge in [0.2, 0.25) is 0 Å². The predicted molar refractivity (Wildman–Crippen MR) is 81.2 cm³/mol. The quantitative estimate of drug-likeness (QED) is 0.716. The fourth-order valence-corrected chi connectivity index (χ4v) is 2.45. The van der Waals surface area contributed by atoms with Crippen molar-refractivity contribution in [1.29, 1.82) is 0 Å². The molecule has 0 aromatic heterocycles. The van der Waals surface area contributed by atoms with E-state index in [-0.39, 0.29) is 12.5 Å². The van der Waals surface area contributed by atoms with Crippen LogP contribution in [0.4, 0.5) is 8.78 Å². The zero-order valence-electron chi connectivity index (χ0n) is 12.4. The van der Waals surface area contributed by atoms with Crippen molar-refractivity contribution < 1.29 is 23.5 Å². The molecule has 1 rings (SSSR count). The van der Waals surface area contributed by atoms with Gasteiger partial charge in [-0.2, -0.15) is 8.78 Å². The van der Waals surface area contributed by atoms with E-state index >= 15 is 0 Å². The molecule has 7 heteroatoms. The molecule has 0 fully saturated rings. The van der Waals surface area contributed by atoms with E-state index in [1.54, 1.807) is 0 Å². The van der Waals surface area contributed by atoms with Crippen molar-refractivity contribution in [3.63, 3.8) is 0 Å². The second-order valence-corrected chi connectivity index (χ2v) is 6.34. The minimum atomic E-state index is -2.51. The first-order valence-corrected chi connectivity index (χ1v) is 7.73. The summed E-state index contributed by atoms with van der Waals surface area (Å²) in [5.74, 6) is -4.30. The molecule has 0 heterocycles. The van der Waals surface area contributed by atoms with Crippen molar-refractivity contribution in [2.45, 2.75) is 30.9 Å². The average Bonchev–Trinajstić information content (AvgIpc) is 2.42. The summed E-state index contributed by atoms with van der Waals surface area (Å²) in [6, 6.07) is 5.76. The summed E-state index contributed by atoms with van der Waals surface area (Å²) in [7, 11) is 0. The molecule has 122 valence electrons. The van der Waals surface area contributed by atoms with Crippen LogP contribution in [0.1, 0.15) is 30.6 Å². The highest BCUT2D eigenvalue weighted by Gasteiger charge is 2.20. The van der Waals surface area contributed by atoms with E-state index in [1.165, 1.54) is 24.3 Å². The minimum absolute atomic E-state index is 0.0415. The number of rotatable bonds is 8. The summed E-state index contributed by atoms with van der Waals surface area (Å²) in [5.41, 5.74) is 0.312. The van der Waals surface area contributed by atoms with E-state index in [0.29, 0.717) is 28.6 Å². The third-order valence-corrected chi connectivity index (χ3v) is 3.68. The summed E-state index contributed by atoms with van der Waals surface area (Å²) in [6.07, 6.45) is 0.472. The minimum Gasteiger partial charge on any atom is -0.481 e. The van der Waals surface area contributed by atoms with E-state index < -0.39 is 23.6 Å². The first kappa shape index (κ1) is 18.4. The Morgan fingerprint density at radius 2 is 1.82 bits per heavy atom. The van der Waals surface area contributed by atoms with Crippen LogP contribution in [-0.4, -0.2) is 29.3 Å². The molecule has 0 radical (unpaired) electrons. The summed E-state index contributed by atoms with van der Waals surface area (Å²) in [6.45, 7) is 3.87. The van der Waals surface area contributed by atoms with Crippen molar-refractivity contribution in [1.82, 2.24) is 5.32 Å². The zero-order chi connectivity index (χ0) is 16.7. The van der Waals surface area contributed by atoms with Crippen molar-refractivity contribution in [3.05, 3.63) is 29.8 Å². The Morgan fingerprint density at radius 3 is 2.27 bits per heavy atom. The smallest absolute Gasteiger partial charge is 0.308 e. The lowest BCUT2D eigenvalue weighted by Gasteiger charge is -2.15. The van der Waals surface area contributed by atoms with Crippen LogP contribution < -0.4 is 5.32 Å². The van der Waals surface area contributed by atoms with Crippen molar-refractivity contribution in [2.24, 2.45) is 11.8 Å². The predicted octanol–water partition coefficient (Wildman–Crippen LogP) is 3.48. The van der Waals surface area contributed by atoms with Gasteiger partial charge in [-0.1, -0.05) is 25.6 Å². The fourth-order valence-electron chi connectivity index (χ4n) is 1.95. The molecule has 1 unspecified atom stereocenters. The molecular weight excluding hydrogens is 312 g/mol. The Hall–Kier alpha value is -1.63. The maximum atomic E-state index is 12.2. The SMILES string of the molecule is CC(C)CC(CNC(=O)c1ccc(SC(F)F)cc1)C(=O)O. The molecule has 0 aliphatic carbocycles. The van der Waals surface area contributed by atoms with Crippen LogP contribution in [0.15, 0.2) is 29.2 Å². The third-order valence-electron chi connectivity index (χ3n) is 2.96. The average molecular weight is 331 g/mol. The van der Waals surface area contributed by atoms with Crippen LogP contribution in [0, 0.1) is 11.8 Å². The highest BCUT2D eigenvalue weighted by molar-refractivity contribution is 7.99. The molecule has 1 atom stereocenters. The molecule has 0 saturated heterocycles. The van der Waals surface area contributed by atoms with Gasteiger partial charge in [-0.25, -0.2) is 0 Å². The topological polar surface area (TPSA) is 66.4 Å². The zero-order valence-corrected chi connectivity index (χ0v) is 13.2. The number of thioether (sulfide) groups is 1. The summed E-state index contributed by atoms with van der Waals surface area (Å²) in [4.78, 5) is 23.4. The summed E-state index contributed by atoms with van der Waals surface area (Å²) in [5, 5.41) is 11.7. The van der Waals surface area contributed by atoms with Gasteiger partial charge in [-0.3, -0.25) is 9.59 Å². The van der Waals surface area contributed by atoms with Crippen molar-refractivity contribution in [2.75, 3.05) is 6.54 Å². The Labute approximate surface area is 132 Å². The van der Waals surface area contributed by atoms with Gasteiger partial charge in [0, 0.05) is 17.0 Å². The lowest BCUT2D eigenvalue weighted by atomic mass is 9.97. The van der Waals surface area contributed by atoms with E-state index in [2.05, 4.69) is 5.32 Å². The monoisotopic (exact) mass is 331 g/mol. The van der Waals surface area contributed by atoms with Crippen LogP contribution in [-0.2, 0) is 4.79 Å². The van der Waals surface area contributed by atoms with Gasteiger partial charge in [0.05, 0.1) is 5.92 Å². The Balaban J connectivity index is 2.58. The molecule has 1 aromatic carbocycles. The number of nitrogens with one attached hydrogen (secondary N) is 1. The van der Waals surface area contributed by atoms with E-state index in [9.17, 15) is 18.4 Å². The second-order valence-electron chi connectivity index (χ2n) is 5.28. The van der Waals surface area contributed by atoms with Crippen molar-refractivity contribution in [3.8, 4) is 0 Å². The number of carbonyl (C=O) groups is 2. The molecule has 22 heavy (non-hydrogen) atoms. The maximum Gasteiger partial charge on any atom is 0.308 e. The number of hydrogen-bond donors (Lipinski definition) is 2. The Kier molecular flexibility index (Phi) is 7.31. The van der Waals surface area contributed by atoms with Crippen LogP contribution in [0.5, 0.6) is 0 Å². The highest BCUT2D eigenvalue weighted by Crippen LogP contribution is 2.25. The van der Waals surface area contributed by atoms with E-state index in [1.807, 2.05) is 13.8 Å². The number of benzene rings is 1. The fraction of sp³-hybridized carbons (Fsp3) is 0.467. The summed E-state index contributed by atoms with van der Waals surface area (Å²) < 4.78 is 24.4. The van der Waals surface area contributed by atoms with Gasteiger partial charge in [-0.15, -0.1) is 0 Å². The highest BCUT2D eigenvalue weighted by atomic mass is 32.2. The van der Waals surface area contributed by atoms with Crippen LogP contribution in [0.3, 0.4) is 0 Å². The normalized spacial score (nSPS) is 12.5. The molecule has 0 spiro atoms. The first-order chi connectivity index (χ1) is 10.3. The van der Waals surface area contributed by atoms with Gasteiger partial charge in [-0.05, 0) is 36.6 Å². The molecule has 0 aliphatic heterocycles. The van der Waals surface area contributed by atoms with Crippen LogP contribution in [0.25, 0.3) is 0 Å². The first-order valence-electron chi connectivity index (χ1n) is 6.85. The third kappa shape index (κ3) is 6.43. The number of aliphatic carboxylic acids is 1.